The number of ether oxygens (including phenoxy) is 1. The summed E-state index contributed by atoms with van der Waals surface area (Å²) in [5.41, 5.74) is 2.55. The normalized spacial score (nSPS) is 18.9. The van der Waals surface area contributed by atoms with Crippen LogP contribution in [0.3, 0.4) is 0 Å². The van der Waals surface area contributed by atoms with Gasteiger partial charge in [-0.1, -0.05) is 6.07 Å². The molecule has 1 fully saturated rings. The molecule has 0 unspecified atom stereocenters. The second-order valence-electron chi connectivity index (χ2n) is 7.45. The summed E-state index contributed by atoms with van der Waals surface area (Å²) in [5.74, 6) is 0.682. The number of aliphatic hydroxyl groups excluding tert-OH is 1. The summed E-state index contributed by atoms with van der Waals surface area (Å²) in [5, 5.41) is 16.4. The number of anilines is 3. The number of carbonyl (C=O) groups is 1. The minimum Gasteiger partial charge on any atom is -0.465 e. The van der Waals surface area contributed by atoms with Crippen molar-refractivity contribution in [3.05, 3.63) is 36.2 Å². The van der Waals surface area contributed by atoms with Crippen molar-refractivity contribution < 1.29 is 14.6 Å². The third-order valence-corrected chi connectivity index (χ3v) is 5.38. The predicted molar refractivity (Wildman–Crippen MR) is 114 cm³/mol. The fraction of sp³-hybridized carbons (Fsp3) is 0.429. The minimum absolute atomic E-state index is 0.215. The van der Waals surface area contributed by atoms with Crippen LogP contribution in [0.25, 0.3) is 11.2 Å². The number of imidazole rings is 1. The zero-order chi connectivity index (χ0) is 21.1. The van der Waals surface area contributed by atoms with Gasteiger partial charge in [-0.3, -0.25) is 0 Å². The molecule has 0 radical (unpaired) electrons. The van der Waals surface area contributed by atoms with Gasteiger partial charge < -0.3 is 25.0 Å². The number of hydrogen-bond donors (Lipinski definition) is 3. The van der Waals surface area contributed by atoms with Crippen molar-refractivity contribution in [1.29, 1.82) is 0 Å². The van der Waals surface area contributed by atoms with Crippen molar-refractivity contribution in [1.82, 2.24) is 19.5 Å². The summed E-state index contributed by atoms with van der Waals surface area (Å²) in [7, 11) is 1.36. The van der Waals surface area contributed by atoms with Crippen LogP contribution in [0.4, 0.5) is 17.5 Å². The first-order chi connectivity index (χ1) is 14.6. The number of benzene rings is 1. The molecule has 9 heteroatoms. The monoisotopic (exact) mass is 410 g/mol. The Kier molecular flexibility index (Phi) is 5.80. The molecule has 158 valence electrons. The van der Waals surface area contributed by atoms with Gasteiger partial charge in [-0.25, -0.2) is 9.78 Å². The van der Waals surface area contributed by atoms with Gasteiger partial charge in [0.15, 0.2) is 17.0 Å². The Morgan fingerprint density at radius 3 is 2.80 bits per heavy atom. The molecule has 0 saturated heterocycles. The highest BCUT2D eigenvalue weighted by atomic mass is 16.5. The van der Waals surface area contributed by atoms with Gasteiger partial charge in [-0.05, 0) is 50.8 Å². The zero-order valence-electron chi connectivity index (χ0n) is 17.1. The molecule has 0 spiro atoms. The van der Waals surface area contributed by atoms with Crippen LogP contribution in [0.2, 0.25) is 0 Å². The van der Waals surface area contributed by atoms with E-state index in [2.05, 4.69) is 25.6 Å². The van der Waals surface area contributed by atoms with Crippen molar-refractivity contribution in [3.8, 4) is 0 Å². The largest absolute Gasteiger partial charge is 0.465 e. The topological polar surface area (TPSA) is 114 Å². The Bertz CT molecular complexity index is 1040. The lowest BCUT2D eigenvalue weighted by Crippen LogP contribution is -2.29. The van der Waals surface area contributed by atoms with Crippen LogP contribution < -0.4 is 10.6 Å². The van der Waals surface area contributed by atoms with Crippen molar-refractivity contribution >= 4 is 34.6 Å². The highest BCUT2D eigenvalue weighted by molar-refractivity contribution is 5.91. The number of fused-ring (bicyclic) bond motifs is 1. The lowest BCUT2D eigenvalue weighted by molar-refractivity contribution is 0.0600. The van der Waals surface area contributed by atoms with Crippen molar-refractivity contribution in [3.63, 3.8) is 0 Å². The average Bonchev–Trinajstić information content (AvgIpc) is 3.18. The fourth-order valence-corrected chi connectivity index (χ4v) is 3.71. The molecule has 4 rings (SSSR count). The number of aryl methyl sites for hydroxylation is 1. The lowest BCUT2D eigenvalue weighted by Gasteiger charge is -2.26. The third-order valence-electron chi connectivity index (χ3n) is 5.38. The standard InChI is InChI=1S/C21H26N6O3/c1-3-27-12-22-17-18(23-15-6-4-5-13(11-15)20(29)30-2)25-21(26-19(17)27)24-14-7-9-16(28)10-8-14/h4-6,11-12,14,16,28H,3,7-10H2,1-2H3,(H2,23,24,25,26)/t14-,16-. The Morgan fingerprint density at radius 2 is 2.07 bits per heavy atom. The quantitative estimate of drug-likeness (QED) is 0.531. The van der Waals surface area contributed by atoms with Gasteiger partial charge in [0.25, 0.3) is 0 Å². The van der Waals surface area contributed by atoms with E-state index in [0.29, 0.717) is 28.5 Å². The Morgan fingerprint density at radius 1 is 1.27 bits per heavy atom. The van der Waals surface area contributed by atoms with Gasteiger partial charge in [0.05, 0.1) is 25.1 Å². The van der Waals surface area contributed by atoms with E-state index in [1.807, 2.05) is 17.6 Å². The third kappa shape index (κ3) is 4.20. The predicted octanol–water partition coefficient (Wildman–Crippen LogP) is 3.09. The Balaban J connectivity index is 1.66. The summed E-state index contributed by atoms with van der Waals surface area (Å²) in [6, 6.07) is 7.27. The number of methoxy groups -OCH3 is 1. The minimum atomic E-state index is -0.399. The first-order valence-corrected chi connectivity index (χ1v) is 10.2. The molecular formula is C21H26N6O3. The highest BCUT2D eigenvalue weighted by Crippen LogP contribution is 2.27. The van der Waals surface area contributed by atoms with E-state index in [1.165, 1.54) is 7.11 Å². The van der Waals surface area contributed by atoms with E-state index in [-0.39, 0.29) is 12.1 Å². The summed E-state index contributed by atoms with van der Waals surface area (Å²) >= 11 is 0. The van der Waals surface area contributed by atoms with Crippen molar-refractivity contribution in [2.24, 2.45) is 0 Å². The second kappa shape index (κ2) is 8.66. The van der Waals surface area contributed by atoms with E-state index < -0.39 is 5.97 Å². The van der Waals surface area contributed by atoms with E-state index in [0.717, 1.165) is 37.9 Å². The van der Waals surface area contributed by atoms with Crippen molar-refractivity contribution in [2.45, 2.75) is 51.3 Å². The highest BCUT2D eigenvalue weighted by Gasteiger charge is 2.21. The van der Waals surface area contributed by atoms with Gasteiger partial charge >= 0.3 is 5.97 Å². The maximum absolute atomic E-state index is 11.9. The van der Waals surface area contributed by atoms with Crippen molar-refractivity contribution in [2.75, 3.05) is 17.7 Å². The number of esters is 1. The second-order valence-corrected chi connectivity index (χ2v) is 7.45. The zero-order valence-corrected chi connectivity index (χ0v) is 17.1. The van der Waals surface area contributed by atoms with Crippen LogP contribution in [-0.2, 0) is 11.3 Å². The molecule has 0 amide bonds. The SMILES string of the molecule is CCn1cnc2c(Nc3cccc(C(=O)OC)c3)nc(N[C@H]3CC[C@H](O)CC3)nc21. The smallest absolute Gasteiger partial charge is 0.337 e. The first-order valence-electron chi connectivity index (χ1n) is 10.2. The summed E-state index contributed by atoms with van der Waals surface area (Å²) < 4.78 is 6.77. The molecule has 0 atom stereocenters. The Labute approximate surface area is 174 Å². The van der Waals surface area contributed by atoms with Gasteiger partial charge in [-0.2, -0.15) is 9.97 Å². The molecule has 30 heavy (non-hydrogen) atoms. The summed E-state index contributed by atoms with van der Waals surface area (Å²) in [4.78, 5) is 25.7. The van der Waals surface area contributed by atoms with Gasteiger partial charge in [0.1, 0.15) is 0 Å². The summed E-state index contributed by atoms with van der Waals surface area (Å²) in [6.45, 7) is 2.77. The van der Waals surface area contributed by atoms with Crippen LogP contribution in [-0.4, -0.2) is 49.9 Å². The molecule has 1 aliphatic carbocycles. The first kappa shape index (κ1) is 20.1. The van der Waals surface area contributed by atoms with Crippen LogP contribution in [0.5, 0.6) is 0 Å². The molecule has 1 aliphatic rings. The number of rotatable bonds is 6. The maximum atomic E-state index is 11.9. The Hall–Kier alpha value is -3.20. The lowest BCUT2D eigenvalue weighted by atomic mass is 9.93. The summed E-state index contributed by atoms with van der Waals surface area (Å²) in [6.07, 6.45) is 4.83. The average molecular weight is 410 g/mol. The molecule has 1 aromatic carbocycles. The number of nitrogens with one attached hydrogen (secondary N) is 2. The molecular weight excluding hydrogens is 384 g/mol. The maximum Gasteiger partial charge on any atom is 0.337 e. The van der Waals surface area contributed by atoms with Gasteiger partial charge in [0, 0.05) is 18.3 Å². The molecule has 0 bridgehead atoms. The molecule has 1 saturated carbocycles. The molecule has 3 N–H and O–H groups in total. The van der Waals surface area contributed by atoms with Crippen LogP contribution in [0.1, 0.15) is 43.0 Å². The fourth-order valence-electron chi connectivity index (χ4n) is 3.71. The molecule has 3 aromatic rings. The van der Waals surface area contributed by atoms with Crippen LogP contribution in [0.15, 0.2) is 30.6 Å². The van der Waals surface area contributed by atoms with E-state index >= 15 is 0 Å². The molecule has 2 aromatic heterocycles. The number of hydrogen-bond acceptors (Lipinski definition) is 8. The van der Waals surface area contributed by atoms with E-state index in [4.69, 9.17) is 4.74 Å². The van der Waals surface area contributed by atoms with Gasteiger partial charge in [-0.15, -0.1) is 0 Å². The van der Waals surface area contributed by atoms with Gasteiger partial charge in [0.2, 0.25) is 5.95 Å². The van der Waals surface area contributed by atoms with Crippen LogP contribution >= 0.6 is 0 Å². The van der Waals surface area contributed by atoms with E-state index in [9.17, 15) is 9.90 Å². The molecule has 2 heterocycles. The van der Waals surface area contributed by atoms with Crippen LogP contribution in [0, 0.1) is 0 Å². The number of carbonyl (C=O) groups excluding carboxylic acids is 1. The number of aromatic nitrogens is 4. The van der Waals surface area contributed by atoms with E-state index in [1.54, 1.807) is 24.5 Å². The number of aliphatic hydroxyl groups is 1. The molecule has 0 aliphatic heterocycles. The number of nitrogens with zero attached hydrogens (tertiary/aromatic N) is 4. The molecule has 9 nitrogen and oxygen atoms in total.